The predicted octanol–water partition coefficient (Wildman–Crippen LogP) is 3.16. The summed E-state index contributed by atoms with van der Waals surface area (Å²) in [5, 5.41) is 4.01. The Kier molecular flexibility index (Phi) is 4.15. The van der Waals surface area contributed by atoms with Gasteiger partial charge in [0.2, 0.25) is 11.7 Å². The third-order valence-electron chi connectivity index (χ3n) is 3.54. The summed E-state index contributed by atoms with van der Waals surface area (Å²) in [6, 6.07) is 3.65. The highest BCUT2D eigenvalue weighted by Crippen LogP contribution is 2.28. The number of nitrogens with zero attached hydrogens (tertiary/aromatic N) is 3. The standard InChI is InChI=1S/C15H19N3O3/c1-3-10(2)20-13-9-11(6-7-16-13)15-17-14(18-21-15)12-5-4-8-19-12/h6-7,9-10,12H,3-5,8H2,1-2H3. The Morgan fingerprint density at radius 1 is 1.48 bits per heavy atom. The van der Waals surface area contributed by atoms with E-state index in [0.717, 1.165) is 31.4 Å². The minimum atomic E-state index is -0.0415. The van der Waals surface area contributed by atoms with Crippen LogP contribution >= 0.6 is 0 Å². The van der Waals surface area contributed by atoms with E-state index in [1.807, 2.05) is 19.1 Å². The minimum Gasteiger partial charge on any atom is -0.475 e. The van der Waals surface area contributed by atoms with E-state index in [2.05, 4.69) is 22.0 Å². The van der Waals surface area contributed by atoms with Crippen LogP contribution in [0.4, 0.5) is 0 Å². The molecule has 6 nitrogen and oxygen atoms in total. The molecule has 2 aromatic rings. The van der Waals surface area contributed by atoms with E-state index in [1.54, 1.807) is 6.20 Å². The second-order valence-corrected chi connectivity index (χ2v) is 5.18. The van der Waals surface area contributed by atoms with Crippen molar-refractivity contribution in [2.45, 2.75) is 45.3 Å². The monoisotopic (exact) mass is 289 g/mol. The van der Waals surface area contributed by atoms with Crippen LogP contribution in [0.5, 0.6) is 5.88 Å². The Morgan fingerprint density at radius 3 is 3.14 bits per heavy atom. The fourth-order valence-electron chi connectivity index (χ4n) is 2.16. The highest BCUT2D eigenvalue weighted by Gasteiger charge is 2.23. The lowest BCUT2D eigenvalue weighted by Crippen LogP contribution is -2.10. The van der Waals surface area contributed by atoms with E-state index in [0.29, 0.717) is 17.6 Å². The molecule has 1 fully saturated rings. The molecule has 2 aromatic heterocycles. The molecule has 0 saturated carbocycles. The molecule has 21 heavy (non-hydrogen) atoms. The molecule has 1 aliphatic rings. The molecular weight excluding hydrogens is 270 g/mol. The number of aromatic nitrogens is 3. The van der Waals surface area contributed by atoms with Gasteiger partial charge in [0.15, 0.2) is 0 Å². The van der Waals surface area contributed by atoms with Gasteiger partial charge in [0, 0.05) is 24.4 Å². The molecular formula is C15H19N3O3. The number of ether oxygens (including phenoxy) is 2. The minimum absolute atomic E-state index is 0.0415. The second-order valence-electron chi connectivity index (χ2n) is 5.18. The molecule has 2 unspecified atom stereocenters. The predicted molar refractivity (Wildman–Crippen MR) is 75.8 cm³/mol. The van der Waals surface area contributed by atoms with Gasteiger partial charge in [-0.05, 0) is 32.3 Å². The summed E-state index contributed by atoms with van der Waals surface area (Å²) in [5.74, 6) is 1.65. The summed E-state index contributed by atoms with van der Waals surface area (Å²) in [6.45, 7) is 4.84. The molecule has 0 N–H and O–H groups in total. The average molecular weight is 289 g/mol. The lowest BCUT2D eigenvalue weighted by Gasteiger charge is -2.11. The van der Waals surface area contributed by atoms with E-state index < -0.39 is 0 Å². The van der Waals surface area contributed by atoms with E-state index in [9.17, 15) is 0 Å². The van der Waals surface area contributed by atoms with Crippen LogP contribution in [-0.4, -0.2) is 27.8 Å². The summed E-state index contributed by atoms with van der Waals surface area (Å²) in [4.78, 5) is 8.62. The Bertz CT molecular complexity index is 593. The fourth-order valence-corrected chi connectivity index (χ4v) is 2.16. The molecule has 0 spiro atoms. The van der Waals surface area contributed by atoms with Crippen molar-refractivity contribution in [3.63, 3.8) is 0 Å². The maximum absolute atomic E-state index is 5.71. The van der Waals surface area contributed by atoms with Crippen LogP contribution in [0.2, 0.25) is 0 Å². The zero-order chi connectivity index (χ0) is 14.7. The first-order chi connectivity index (χ1) is 10.3. The lowest BCUT2D eigenvalue weighted by atomic mass is 10.2. The van der Waals surface area contributed by atoms with Gasteiger partial charge in [0.1, 0.15) is 6.10 Å². The normalized spacial score (nSPS) is 19.6. The van der Waals surface area contributed by atoms with Gasteiger partial charge in [-0.15, -0.1) is 0 Å². The molecule has 0 radical (unpaired) electrons. The van der Waals surface area contributed by atoms with Crippen LogP contribution in [0.1, 0.15) is 45.0 Å². The maximum Gasteiger partial charge on any atom is 0.258 e. The maximum atomic E-state index is 5.71. The first-order valence-electron chi connectivity index (χ1n) is 7.34. The van der Waals surface area contributed by atoms with Crippen LogP contribution in [0, 0.1) is 0 Å². The zero-order valence-corrected chi connectivity index (χ0v) is 12.3. The molecule has 6 heteroatoms. The Balaban J connectivity index is 1.78. The van der Waals surface area contributed by atoms with Gasteiger partial charge >= 0.3 is 0 Å². The van der Waals surface area contributed by atoms with E-state index >= 15 is 0 Å². The van der Waals surface area contributed by atoms with Crippen LogP contribution < -0.4 is 4.74 Å². The molecule has 0 bridgehead atoms. The quantitative estimate of drug-likeness (QED) is 0.842. The Morgan fingerprint density at radius 2 is 2.38 bits per heavy atom. The van der Waals surface area contributed by atoms with Crippen LogP contribution in [0.15, 0.2) is 22.9 Å². The lowest BCUT2D eigenvalue weighted by molar-refractivity contribution is 0.103. The van der Waals surface area contributed by atoms with Gasteiger partial charge in [-0.3, -0.25) is 0 Å². The van der Waals surface area contributed by atoms with Crippen LogP contribution in [-0.2, 0) is 4.74 Å². The molecule has 1 aliphatic heterocycles. The topological polar surface area (TPSA) is 70.3 Å². The van der Waals surface area contributed by atoms with Gasteiger partial charge in [0.05, 0.1) is 6.10 Å². The van der Waals surface area contributed by atoms with Crippen molar-refractivity contribution in [3.05, 3.63) is 24.2 Å². The highest BCUT2D eigenvalue weighted by molar-refractivity contribution is 5.53. The van der Waals surface area contributed by atoms with Crippen LogP contribution in [0.3, 0.4) is 0 Å². The second kappa shape index (κ2) is 6.22. The van der Waals surface area contributed by atoms with Crippen molar-refractivity contribution in [2.75, 3.05) is 6.61 Å². The molecule has 0 aliphatic carbocycles. The number of hydrogen-bond donors (Lipinski definition) is 0. The average Bonchev–Trinajstić information content (AvgIpc) is 3.18. The van der Waals surface area contributed by atoms with Crippen LogP contribution in [0.25, 0.3) is 11.5 Å². The van der Waals surface area contributed by atoms with E-state index in [1.165, 1.54) is 0 Å². The third-order valence-corrected chi connectivity index (χ3v) is 3.54. The smallest absolute Gasteiger partial charge is 0.258 e. The van der Waals surface area contributed by atoms with Crippen molar-refractivity contribution >= 4 is 0 Å². The van der Waals surface area contributed by atoms with Gasteiger partial charge in [-0.25, -0.2) is 4.98 Å². The zero-order valence-electron chi connectivity index (χ0n) is 12.3. The molecule has 1 saturated heterocycles. The molecule has 112 valence electrons. The van der Waals surface area contributed by atoms with Gasteiger partial charge in [-0.2, -0.15) is 4.98 Å². The van der Waals surface area contributed by atoms with Crippen molar-refractivity contribution in [1.29, 1.82) is 0 Å². The molecule has 3 heterocycles. The fraction of sp³-hybridized carbons (Fsp3) is 0.533. The van der Waals surface area contributed by atoms with E-state index in [-0.39, 0.29) is 12.2 Å². The number of pyridine rings is 1. The third kappa shape index (κ3) is 3.21. The molecule has 3 rings (SSSR count). The van der Waals surface area contributed by atoms with Gasteiger partial charge in [0.25, 0.3) is 5.89 Å². The summed E-state index contributed by atoms with van der Waals surface area (Å²) in [7, 11) is 0. The number of hydrogen-bond acceptors (Lipinski definition) is 6. The molecule has 2 atom stereocenters. The first kappa shape index (κ1) is 14.0. The molecule has 0 aromatic carbocycles. The molecule has 0 amide bonds. The first-order valence-corrected chi connectivity index (χ1v) is 7.34. The van der Waals surface area contributed by atoms with Gasteiger partial charge < -0.3 is 14.0 Å². The van der Waals surface area contributed by atoms with Crippen molar-refractivity contribution in [3.8, 4) is 17.3 Å². The SMILES string of the molecule is CCC(C)Oc1cc(-c2nc(C3CCCO3)no2)ccn1. The largest absolute Gasteiger partial charge is 0.475 e. The van der Waals surface area contributed by atoms with Gasteiger partial charge in [-0.1, -0.05) is 12.1 Å². The van der Waals surface area contributed by atoms with Crippen molar-refractivity contribution in [1.82, 2.24) is 15.1 Å². The summed E-state index contributed by atoms with van der Waals surface area (Å²) >= 11 is 0. The van der Waals surface area contributed by atoms with E-state index in [4.69, 9.17) is 14.0 Å². The Hall–Kier alpha value is -1.95. The summed E-state index contributed by atoms with van der Waals surface area (Å²) < 4.78 is 16.6. The summed E-state index contributed by atoms with van der Waals surface area (Å²) in [6.07, 6.45) is 4.67. The van der Waals surface area contributed by atoms with Crippen molar-refractivity contribution in [2.24, 2.45) is 0 Å². The summed E-state index contributed by atoms with van der Waals surface area (Å²) in [5.41, 5.74) is 0.806. The highest BCUT2D eigenvalue weighted by atomic mass is 16.5. The number of rotatable bonds is 5. The van der Waals surface area contributed by atoms with Crippen molar-refractivity contribution < 1.29 is 14.0 Å². The Labute approximate surface area is 123 Å².